The van der Waals surface area contributed by atoms with Gasteiger partial charge in [-0.05, 0) is 63.6 Å². The lowest BCUT2D eigenvalue weighted by molar-refractivity contribution is -0.142. The van der Waals surface area contributed by atoms with Crippen molar-refractivity contribution in [1.29, 1.82) is 0 Å². The fourth-order valence-electron chi connectivity index (χ4n) is 3.57. The lowest BCUT2D eigenvalue weighted by Gasteiger charge is -2.27. The number of carbonyl (C=O) groups excluding carboxylic acids is 3. The van der Waals surface area contributed by atoms with Gasteiger partial charge in [-0.15, -0.1) is 0 Å². The number of carboxylic acids is 1. The van der Waals surface area contributed by atoms with E-state index in [1.165, 1.54) is 0 Å². The maximum atomic E-state index is 13.1. The molecule has 2 aliphatic rings. The molecule has 3 rings (SSSR count). The molecule has 0 radical (unpaired) electrons. The van der Waals surface area contributed by atoms with Crippen LogP contribution in [0.15, 0.2) is 24.3 Å². The molecule has 4 N–H and O–H groups in total. The van der Waals surface area contributed by atoms with E-state index in [1.54, 1.807) is 58.9 Å². The van der Waals surface area contributed by atoms with Gasteiger partial charge in [0.25, 0.3) is 0 Å². The number of hydrogen-bond acceptors (Lipinski definition) is 6. The van der Waals surface area contributed by atoms with Crippen molar-refractivity contribution >= 4 is 23.9 Å². The van der Waals surface area contributed by atoms with Crippen molar-refractivity contribution in [3.05, 3.63) is 29.8 Å². The molecule has 0 aromatic heterocycles. The lowest BCUT2D eigenvalue weighted by atomic mass is 10.0. The Balaban J connectivity index is 2.28. The number of fused-ring (bicyclic) bond motifs is 14. The van der Waals surface area contributed by atoms with Gasteiger partial charge in [-0.1, -0.05) is 26.0 Å². The summed E-state index contributed by atoms with van der Waals surface area (Å²) in [7, 11) is 0. The van der Waals surface area contributed by atoms with Crippen LogP contribution < -0.4 is 20.7 Å². The molecular formula is C25H37N3O7. The molecule has 3 amide bonds. The zero-order chi connectivity index (χ0) is 26.2. The highest BCUT2D eigenvalue weighted by Crippen LogP contribution is 2.16. The SMILES string of the molecule is CC(C)[C@H]1NC(=O)[C@@H](NC(=O)OC(C)(C)C)CCCCOc2ccc(cc2)C[C@@H](C(=O)O)NC1=O. The van der Waals surface area contributed by atoms with E-state index in [2.05, 4.69) is 16.0 Å². The molecule has 2 heterocycles. The second-order valence-corrected chi connectivity index (χ2v) is 10.0. The molecule has 0 spiro atoms. The van der Waals surface area contributed by atoms with Gasteiger partial charge in [0.05, 0.1) is 6.61 Å². The van der Waals surface area contributed by atoms with E-state index < -0.39 is 47.6 Å². The average Bonchev–Trinajstić information content (AvgIpc) is 2.74. The molecule has 0 unspecified atom stereocenters. The number of carbonyl (C=O) groups is 4. The number of hydrogen-bond donors (Lipinski definition) is 4. The first-order chi connectivity index (χ1) is 16.4. The molecule has 2 aliphatic heterocycles. The molecule has 35 heavy (non-hydrogen) atoms. The van der Waals surface area contributed by atoms with E-state index in [0.29, 0.717) is 31.6 Å². The highest BCUT2D eigenvalue weighted by molar-refractivity contribution is 5.93. The first kappa shape index (κ1) is 27.9. The van der Waals surface area contributed by atoms with Crippen molar-refractivity contribution in [2.45, 2.75) is 84.0 Å². The van der Waals surface area contributed by atoms with Crippen LogP contribution in [0.1, 0.15) is 59.4 Å². The van der Waals surface area contributed by atoms with E-state index in [-0.39, 0.29) is 12.3 Å². The number of carboxylic acid groups (broad SMARTS) is 1. The van der Waals surface area contributed by atoms with Crippen LogP contribution in [0.2, 0.25) is 0 Å². The van der Waals surface area contributed by atoms with Gasteiger partial charge < -0.3 is 30.5 Å². The van der Waals surface area contributed by atoms with Crippen molar-refractivity contribution in [2.75, 3.05) is 6.61 Å². The van der Waals surface area contributed by atoms with Gasteiger partial charge in [0.15, 0.2) is 0 Å². The lowest BCUT2D eigenvalue weighted by Crippen LogP contribution is -2.57. The number of ether oxygens (including phenoxy) is 2. The predicted octanol–water partition coefficient (Wildman–Crippen LogP) is 2.40. The highest BCUT2D eigenvalue weighted by atomic mass is 16.6. The molecule has 1 aromatic rings. The van der Waals surface area contributed by atoms with Crippen LogP contribution in [0.25, 0.3) is 0 Å². The van der Waals surface area contributed by atoms with Gasteiger partial charge in [0, 0.05) is 6.42 Å². The molecule has 10 nitrogen and oxygen atoms in total. The summed E-state index contributed by atoms with van der Waals surface area (Å²) in [6.45, 7) is 9.05. The summed E-state index contributed by atoms with van der Waals surface area (Å²) in [4.78, 5) is 50.3. The van der Waals surface area contributed by atoms with E-state index in [1.807, 2.05) is 0 Å². The minimum absolute atomic E-state index is 0.0724. The van der Waals surface area contributed by atoms with E-state index in [0.717, 1.165) is 5.56 Å². The van der Waals surface area contributed by atoms with Crippen molar-refractivity contribution in [2.24, 2.45) is 5.92 Å². The zero-order valence-electron chi connectivity index (χ0n) is 21.1. The van der Waals surface area contributed by atoms with Crippen LogP contribution in [0.3, 0.4) is 0 Å². The Morgan fingerprint density at radius 3 is 2.31 bits per heavy atom. The van der Waals surface area contributed by atoms with Crippen molar-refractivity contribution in [3.63, 3.8) is 0 Å². The van der Waals surface area contributed by atoms with Crippen molar-refractivity contribution in [3.8, 4) is 5.75 Å². The molecule has 10 heteroatoms. The number of nitrogens with one attached hydrogen (secondary N) is 3. The van der Waals surface area contributed by atoms with E-state index in [9.17, 15) is 24.3 Å². The zero-order valence-corrected chi connectivity index (χ0v) is 21.1. The Morgan fingerprint density at radius 1 is 1.09 bits per heavy atom. The van der Waals surface area contributed by atoms with Gasteiger partial charge in [-0.3, -0.25) is 9.59 Å². The maximum absolute atomic E-state index is 13.1. The number of benzene rings is 1. The minimum atomic E-state index is -1.19. The number of aliphatic carboxylic acids is 1. The number of alkyl carbamates (subject to hydrolysis) is 1. The van der Waals surface area contributed by atoms with Crippen LogP contribution >= 0.6 is 0 Å². The Labute approximate surface area is 206 Å². The average molecular weight is 492 g/mol. The van der Waals surface area contributed by atoms with Gasteiger partial charge in [0.2, 0.25) is 11.8 Å². The van der Waals surface area contributed by atoms with Crippen molar-refractivity contribution in [1.82, 2.24) is 16.0 Å². The second-order valence-electron chi connectivity index (χ2n) is 10.0. The smallest absolute Gasteiger partial charge is 0.408 e. The number of rotatable bonds is 3. The summed E-state index contributed by atoms with van der Waals surface area (Å²) in [6.07, 6.45) is 0.846. The normalized spacial score (nSPS) is 22.4. The fourth-order valence-corrected chi connectivity index (χ4v) is 3.57. The molecule has 0 saturated heterocycles. The molecule has 3 atom stereocenters. The third-order valence-electron chi connectivity index (χ3n) is 5.39. The number of amides is 3. The molecule has 1 aromatic carbocycles. The Morgan fingerprint density at radius 2 is 1.74 bits per heavy atom. The molecule has 194 valence electrons. The van der Waals surface area contributed by atoms with Crippen LogP contribution in [-0.4, -0.2) is 59.3 Å². The summed E-state index contributed by atoms with van der Waals surface area (Å²) in [5.41, 5.74) is -0.0200. The largest absolute Gasteiger partial charge is 0.494 e. The molecule has 0 saturated carbocycles. The summed E-state index contributed by atoms with van der Waals surface area (Å²) in [6, 6.07) is 3.92. The highest BCUT2D eigenvalue weighted by Gasteiger charge is 2.32. The van der Waals surface area contributed by atoms with Gasteiger partial charge in [-0.2, -0.15) is 0 Å². The molecular weight excluding hydrogens is 454 g/mol. The molecule has 2 bridgehead atoms. The van der Waals surface area contributed by atoms with E-state index in [4.69, 9.17) is 9.47 Å². The first-order valence-corrected chi connectivity index (χ1v) is 11.9. The van der Waals surface area contributed by atoms with E-state index >= 15 is 0 Å². The standard InChI is InChI=1S/C25H37N3O7/c1-15(2)20-22(30)26-19(23(31)32)14-16-9-11-17(12-10-16)34-13-7-6-8-18(21(29)28-20)27-24(33)35-25(3,4)5/h9-12,15,18-20H,6-8,13-14H2,1-5H3,(H,26,30)(H,27,33)(H,28,29)(H,31,32)/t18-,19-,20+/m0/s1. The molecule has 0 fully saturated rings. The van der Waals surface area contributed by atoms with Crippen LogP contribution in [-0.2, 0) is 25.5 Å². The van der Waals surface area contributed by atoms with Crippen LogP contribution in [0, 0.1) is 5.92 Å². The third kappa shape index (κ3) is 9.46. The minimum Gasteiger partial charge on any atom is -0.494 e. The Hall–Kier alpha value is -3.30. The summed E-state index contributed by atoms with van der Waals surface area (Å²) in [5.74, 6) is -2.04. The Bertz CT molecular complexity index is 893. The van der Waals surface area contributed by atoms with Gasteiger partial charge >= 0.3 is 12.1 Å². The Kier molecular flexibility index (Phi) is 9.91. The van der Waals surface area contributed by atoms with Gasteiger partial charge in [-0.25, -0.2) is 9.59 Å². The second kappa shape index (κ2) is 12.4. The fraction of sp³-hybridized carbons (Fsp3) is 0.600. The van der Waals surface area contributed by atoms with Crippen molar-refractivity contribution < 1.29 is 33.8 Å². The first-order valence-electron chi connectivity index (χ1n) is 11.9. The topological polar surface area (TPSA) is 143 Å². The third-order valence-corrected chi connectivity index (χ3v) is 5.39. The summed E-state index contributed by atoms with van der Waals surface area (Å²) < 4.78 is 11.0. The van der Waals surface area contributed by atoms with Crippen LogP contribution in [0.4, 0.5) is 4.79 Å². The predicted molar refractivity (Wildman–Crippen MR) is 129 cm³/mol. The monoisotopic (exact) mass is 491 g/mol. The quantitative estimate of drug-likeness (QED) is 0.508. The molecule has 0 aliphatic carbocycles. The van der Waals surface area contributed by atoms with Gasteiger partial charge in [0.1, 0.15) is 29.5 Å². The maximum Gasteiger partial charge on any atom is 0.408 e. The van der Waals surface area contributed by atoms with Crippen LogP contribution in [0.5, 0.6) is 5.75 Å². The summed E-state index contributed by atoms with van der Waals surface area (Å²) >= 11 is 0. The summed E-state index contributed by atoms with van der Waals surface area (Å²) in [5, 5.41) is 17.5.